The number of carbonyl (C=O) groups is 2. The van der Waals surface area contributed by atoms with Crippen molar-refractivity contribution in [1.29, 1.82) is 0 Å². The summed E-state index contributed by atoms with van der Waals surface area (Å²) in [5.74, 6) is 0.332. The second-order valence-corrected chi connectivity index (χ2v) is 9.97. The minimum atomic E-state index is -3.53. The van der Waals surface area contributed by atoms with E-state index in [9.17, 15) is 18.0 Å². The zero-order valence-electron chi connectivity index (χ0n) is 17.0. The summed E-state index contributed by atoms with van der Waals surface area (Å²) in [4.78, 5) is 26.6. The third kappa shape index (κ3) is 5.57. The highest BCUT2D eigenvalue weighted by molar-refractivity contribution is 7.89. The number of sulfonamides is 1. The van der Waals surface area contributed by atoms with Gasteiger partial charge in [-0.2, -0.15) is 4.31 Å². The summed E-state index contributed by atoms with van der Waals surface area (Å²) in [5, 5.41) is 3.07. The van der Waals surface area contributed by atoms with Gasteiger partial charge in [0.15, 0.2) is 0 Å². The first-order chi connectivity index (χ1) is 13.9. The van der Waals surface area contributed by atoms with Gasteiger partial charge in [-0.1, -0.05) is 38.0 Å². The smallest absolute Gasteiger partial charge is 0.243 e. The Kier molecular flexibility index (Phi) is 7.29. The molecule has 1 N–H and O–H groups in total. The molecule has 7 nitrogen and oxygen atoms in total. The van der Waals surface area contributed by atoms with E-state index in [0.29, 0.717) is 19.0 Å². The number of benzene rings is 1. The van der Waals surface area contributed by atoms with Crippen LogP contribution in [0.25, 0.3) is 0 Å². The van der Waals surface area contributed by atoms with E-state index in [2.05, 4.69) is 12.2 Å². The Balaban J connectivity index is 1.43. The number of nitrogens with one attached hydrogen (secondary N) is 1. The Morgan fingerprint density at radius 3 is 2.31 bits per heavy atom. The minimum absolute atomic E-state index is 0.0672. The summed E-state index contributed by atoms with van der Waals surface area (Å²) in [7, 11) is -3.53. The van der Waals surface area contributed by atoms with Crippen LogP contribution in [0.1, 0.15) is 45.4 Å². The highest BCUT2D eigenvalue weighted by Gasteiger charge is 2.30. The quantitative estimate of drug-likeness (QED) is 0.761. The van der Waals surface area contributed by atoms with Crippen LogP contribution in [0.5, 0.6) is 0 Å². The third-order valence-electron chi connectivity index (χ3n) is 6.00. The van der Waals surface area contributed by atoms with Crippen LogP contribution in [0.2, 0.25) is 0 Å². The first-order valence-corrected chi connectivity index (χ1v) is 11.9. The largest absolute Gasteiger partial charge is 0.353 e. The van der Waals surface area contributed by atoms with E-state index >= 15 is 0 Å². The number of hydrogen-bond acceptors (Lipinski definition) is 4. The molecule has 1 saturated carbocycles. The summed E-state index contributed by atoms with van der Waals surface area (Å²) < 4.78 is 26.7. The summed E-state index contributed by atoms with van der Waals surface area (Å²) >= 11 is 0. The molecule has 160 valence electrons. The lowest BCUT2D eigenvalue weighted by molar-refractivity contribution is -0.134. The van der Waals surface area contributed by atoms with Crippen molar-refractivity contribution in [3.63, 3.8) is 0 Å². The number of rotatable bonds is 6. The average Bonchev–Trinajstić information content (AvgIpc) is 2.74. The van der Waals surface area contributed by atoms with Crippen LogP contribution in [-0.4, -0.2) is 61.7 Å². The van der Waals surface area contributed by atoms with Crippen molar-refractivity contribution < 1.29 is 18.0 Å². The molecule has 2 unspecified atom stereocenters. The SMILES string of the molecule is CC1CCCCC1NC(=O)CCC(=O)N1CCN(S(=O)(=O)c2ccccc2)CC1. The fourth-order valence-corrected chi connectivity index (χ4v) is 5.55. The molecule has 1 saturated heterocycles. The molecule has 1 aromatic rings. The van der Waals surface area contributed by atoms with E-state index in [-0.39, 0.29) is 48.7 Å². The molecule has 0 bridgehead atoms. The van der Waals surface area contributed by atoms with Crippen LogP contribution in [-0.2, 0) is 19.6 Å². The molecule has 2 atom stereocenters. The lowest BCUT2D eigenvalue weighted by Gasteiger charge is -2.34. The van der Waals surface area contributed by atoms with Crippen molar-refractivity contribution >= 4 is 21.8 Å². The van der Waals surface area contributed by atoms with Gasteiger partial charge in [0.2, 0.25) is 21.8 Å². The van der Waals surface area contributed by atoms with Gasteiger partial charge in [-0.05, 0) is 30.9 Å². The predicted octanol–water partition coefficient (Wildman–Crippen LogP) is 1.99. The zero-order valence-corrected chi connectivity index (χ0v) is 17.9. The maximum Gasteiger partial charge on any atom is 0.243 e. The number of piperazine rings is 1. The number of hydrogen-bond donors (Lipinski definition) is 1. The van der Waals surface area contributed by atoms with Crippen LogP contribution in [0, 0.1) is 5.92 Å². The van der Waals surface area contributed by atoms with Gasteiger partial charge in [0.1, 0.15) is 0 Å². The summed E-state index contributed by atoms with van der Waals surface area (Å²) in [5.41, 5.74) is 0. The Labute approximate surface area is 173 Å². The van der Waals surface area contributed by atoms with Crippen LogP contribution < -0.4 is 5.32 Å². The molecule has 1 aliphatic carbocycles. The van der Waals surface area contributed by atoms with Gasteiger partial charge in [-0.3, -0.25) is 9.59 Å². The Morgan fingerprint density at radius 2 is 1.66 bits per heavy atom. The van der Waals surface area contributed by atoms with E-state index < -0.39 is 10.0 Å². The van der Waals surface area contributed by atoms with Gasteiger partial charge in [-0.15, -0.1) is 0 Å². The molecule has 0 radical (unpaired) electrons. The van der Waals surface area contributed by atoms with E-state index in [1.54, 1.807) is 35.2 Å². The molecule has 2 amide bonds. The van der Waals surface area contributed by atoms with Gasteiger partial charge >= 0.3 is 0 Å². The monoisotopic (exact) mass is 421 g/mol. The summed E-state index contributed by atoms with van der Waals surface area (Å²) in [6, 6.07) is 8.56. The van der Waals surface area contributed by atoms with Gasteiger partial charge < -0.3 is 10.2 Å². The Morgan fingerprint density at radius 1 is 1.00 bits per heavy atom. The van der Waals surface area contributed by atoms with Gasteiger partial charge in [0.05, 0.1) is 4.90 Å². The topological polar surface area (TPSA) is 86.8 Å². The maximum atomic E-state index is 12.7. The van der Waals surface area contributed by atoms with Crippen LogP contribution in [0.3, 0.4) is 0 Å². The van der Waals surface area contributed by atoms with Crippen molar-refractivity contribution in [2.24, 2.45) is 5.92 Å². The number of carbonyl (C=O) groups excluding carboxylic acids is 2. The van der Waals surface area contributed by atoms with Gasteiger partial charge in [0, 0.05) is 45.1 Å². The van der Waals surface area contributed by atoms with Gasteiger partial charge in [-0.25, -0.2) is 8.42 Å². The lowest BCUT2D eigenvalue weighted by Crippen LogP contribution is -2.50. The zero-order chi connectivity index (χ0) is 20.9. The van der Waals surface area contributed by atoms with E-state index in [4.69, 9.17) is 0 Å². The van der Waals surface area contributed by atoms with Crippen LogP contribution >= 0.6 is 0 Å². The molecule has 8 heteroatoms. The van der Waals surface area contributed by atoms with E-state index in [0.717, 1.165) is 19.3 Å². The molecule has 0 aromatic heterocycles. The maximum absolute atomic E-state index is 12.7. The number of nitrogens with zero attached hydrogens (tertiary/aromatic N) is 2. The fourth-order valence-electron chi connectivity index (χ4n) is 4.11. The van der Waals surface area contributed by atoms with E-state index in [1.165, 1.54) is 10.7 Å². The molecule has 2 fully saturated rings. The fraction of sp³-hybridized carbons (Fsp3) is 0.619. The molecular weight excluding hydrogens is 390 g/mol. The second-order valence-electron chi connectivity index (χ2n) is 8.03. The normalized spacial score (nSPS) is 23.6. The van der Waals surface area contributed by atoms with Crippen LogP contribution in [0.4, 0.5) is 0 Å². The molecule has 1 aliphatic heterocycles. The highest BCUT2D eigenvalue weighted by atomic mass is 32.2. The van der Waals surface area contributed by atoms with Gasteiger partial charge in [0.25, 0.3) is 0 Å². The van der Waals surface area contributed by atoms with Crippen molar-refractivity contribution in [1.82, 2.24) is 14.5 Å². The van der Waals surface area contributed by atoms with Crippen molar-refractivity contribution in [2.45, 2.75) is 56.4 Å². The lowest BCUT2D eigenvalue weighted by atomic mass is 9.86. The molecule has 3 rings (SSSR count). The standard InChI is InChI=1S/C21H31N3O4S/c1-17-7-5-6-10-19(17)22-20(25)11-12-21(26)23-13-15-24(16-14-23)29(27,28)18-8-3-2-4-9-18/h2-4,8-9,17,19H,5-7,10-16H2,1H3,(H,22,25). The first kappa shape index (κ1) is 21.8. The molecule has 1 heterocycles. The second kappa shape index (κ2) is 9.71. The van der Waals surface area contributed by atoms with Crippen LogP contribution in [0.15, 0.2) is 35.2 Å². The minimum Gasteiger partial charge on any atom is -0.353 e. The first-order valence-electron chi connectivity index (χ1n) is 10.5. The predicted molar refractivity (Wildman–Crippen MR) is 111 cm³/mol. The molecular formula is C21H31N3O4S. The Bertz CT molecular complexity index is 804. The molecule has 29 heavy (non-hydrogen) atoms. The summed E-state index contributed by atoms with van der Waals surface area (Å²) in [6.07, 6.45) is 4.87. The molecule has 2 aliphatic rings. The van der Waals surface area contributed by atoms with Crippen molar-refractivity contribution in [3.05, 3.63) is 30.3 Å². The van der Waals surface area contributed by atoms with Crippen molar-refractivity contribution in [3.8, 4) is 0 Å². The molecule has 0 spiro atoms. The Hall–Kier alpha value is -1.93. The van der Waals surface area contributed by atoms with Crippen molar-refractivity contribution in [2.75, 3.05) is 26.2 Å². The van der Waals surface area contributed by atoms with E-state index in [1.807, 2.05) is 0 Å². The summed E-state index contributed by atoms with van der Waals surface area (Å²) in [6.45, 7) is 3.42. The number of amides is 2. The highest BCUT2D eigenvalue weighted by Crippen LogP contribution is 2.24. The third-order valence-corrected chi connectivity index (χ3v) is 7.91. The average molecular weight is 422 g/mol. The molecule has 1 aromatic carbocycles.